The second kappa shape index (κ2) is 8.88. The summed E-state index contributed by atoms with van der Waals surface area (Å²) in [7, 11) is 0. The molecule has 0 aromatic heterocycles. The van der Waals surface area contributed by atoms with Crippen LogP contribution in [0.2, 0.25) is 0 Å². The zero-order chi connectivity index (χ0) is 16.8. The smallest absolute Gasteiger partial charge is 0.251 e. The van der Waals surface area contributed by atoms with Gasteiger partial charge in [-0.05, 0) is 42.9 Å². The predicted molar refractivity (Wildman–Crippen MR) is 99.3 cm³/mol. The molecule has 1 aromatic carbocycles. The summed E-state index contributed by atoms with van der Waals surface area (Å²) < 4.78 is 0. The molecule has 1 amide bonds. The van der Waals surface area contributed by atoms with Crippen LogP contribution in [0.5, 0.6) is 0 Å². The lowest BCUT2D eigenvalue weighted by Crippen LogP contribution is -2.39. The molecule has 2 fully saturated rings. The minimum absolute atomic E-state index is 0.0134. The van der Waals surface area contributed by atoms with E-state index in [0.29, 0.717) is 5.92 Å². The third-order valence-corrected chi connectivity index (χ3v) is 6.04. The Labute approximate surface area is 149 Å². The molecule has 132 valence electrons. The van der Waals surface area contributed by atoms with Crippen LogP contribution in [0.25, 0.3) is 0 Å². The van der Waals surface area contributed by atoms with Gasteiger partial charge in [0.2, 0.25) is 0 Å². The van der Waals surface area contributed by atoms with E-state index >= 15 is 0 Å². The number of amides is 1. The fourth-order valence-electron chi connectivity index (χ4n) is 3.64. The molecule has 3 rings (SSSR count). The van der Waals surface area contributed by atoms with Gasteiger partial charge < -0.3 is 10.4 Å². The molecule has 2 aliphatic rings. The first-order valence-electron chi connectivity index (χ1n) is 9.05. The second-order valence-corrected chi connectivity index (χ2v) is 8.20. The molecule has 1 aromatic rings. The molecule has 1 aliphatic heterocycles. The van der Waals surface area contributed by atoms with Gasteiger partial charge in [-0.25, -0.2) is 0 Å². The van der Waals surface area contributed by atoms with Gasteiger partial charge in [0.25, 0.3) is 5.91 Å². The van der Waals surface area contributed by atoms with Crippen LogP contribution >= 0.6 is 11.8 Å². The van der Waals surface area contributed by atoms with Crippen molar-refractivity contribution in [2.75, 3.05) is 31.2 Å². The van der Waals surface area contributed by atoms with Gasteiger partial charge in [-0.3, -0.25) is 9.69 Å². The lowest BCUT2D eigenvalue weighted by atomic mass is 9.86. The Morgan fingerprint density at radius 3 is 2.67 bits per heavy atom. The average molecular weight is 349 g/mol. The summed E-state index contributed by atoms with van der Waals surface area (Å²) in [5.74, 6) is 2.79. The van der Waals surface area contributed by atoms with Crippen LogP contribution in [0.15, 0.2) is 24.3 Å². The number of carbonyl (C=O) groups excluding carboxylic acids is 1. The van der Waals surface area contributed by atoms with Crippen LogP contribution in [0.3, 0.4) is 0 Å². The number of benzene rings is 1. The number of hydrogen-bond donors (Lipinski definition) is 2. The first-order chi connectivity index (χ1) is 11.7. The van der Waals surface area contributed by atoms with Crippen LogP contribution in [-0.2, 0) is 6.54 Å². The van der Waals surface area contributed by atoms with Crippen molar-refractivity contribution in [1.29, 1.82) is 0 Å². The maximum atomic E-state index is 12.4. The summed E-state index contributed by atoms with van der Waals surface area (Å²) in [6.45, 7) is 3.51. The number of carbonyl (C=O) groups is 1. The molecule has 24 heavy (non-hydrogen) atoms. The minimum atomic E-state index is 0.0134. The highest BCUT2D eigenvalue weighted by Gasteiger charge is 2.23. The quantitative estimate of drug-likeness (QED) is 0.858. The van der Waals surface area contributed by atoms with E-state index < -0.39 is 0 Å². The molecule has 2 atom stereocenters. The monoisotopic (exact) mass is 348 g/mol. The van der Waals surface area contributed by atoms with Crippen molar-refractivity contribution in [3.05, 3.63) is 35.4 Å². The zero-order valence-electron chi connectivity index (χ0n) is 14.2. The van der Waals surface area contributed by atoms with E-state index in [4.69, 9.17) is 0 Å². The number of aliphatic hydroxyl groups excluding tert-OH is 1. The molecular weight excluding hydrogens is 320 g/mol. The van der Waals surface area contributed by atoms with E-state index in [9.17, 15) is 9.90 Å². The van der Waals surface area contributed by atoms with Crippen LogP contribution in [0.4, 0.5) is 0 Å². The van der Waals surface area contributed by atoms with Crippen LogP contribution in [-0.4, -0.2) is 53.2 Å². The Morgan fingerprint density at radius 2 is 1.96 bits per heavy atom. The second-order valence-electron chi connectivity index (χ2n) is 6.97. The number of thioether (sulfide) groups is 1. The predicted octanol–water partition coefficient (Wildman–Crippen LogP) is 2.52. The molecule has 0 radical (unpaired) electrons. The van der Waals surface area contributed by atoms with E-state index in [-0.39, 0.29) is 18.6 Å². The summed E-state index contributed by atoms with van der Waals surface area (Å²) in [6.07, 6.45) is 4.08. The Balaban J connectivity index is 1.51. The summed E-state index contributed by atoms with van der Waals surface area (Å²) in [5.41, 5.74) is 2.01. The largest absolute Gasteiger partial charge is 0.396 e. The zero-order valence-corrected chi connectivity index (χ0v) is 15.1. The standard InChI is InChI=1S/C19H28N2O2S/c22-14-16-2-1-3-18(12-16)20-19(23)17-6-4-15(5-7-17)13-21-8-10-24-11-9-21/h4-7,16,18,22H,1-3,8-14H2,(H,20,23)/t16-,18+/m1/s1. The molecule has 0 spiro atoms. The van der Waals surface area contributed by atoms with Crippen molar-refractivity contribution in [3.8, 4) is 0 Å². The molecule has 0 bridgehead atoms. The third kappa shape index (κ3) is 4.98. The first-order valence-corrected chi connectivity index (χ1v) is 10.2. The third-order valence-electron chi connectivity index (χ3n) is 5.10. The Hall–Kier alpha value is -1.04. The average Bonchev–Trinajstić information content (AvgIpc) is 2.63. The first kappa shape index (κ1) is 17.8. The van der Waals surface area contributed by atoms with Crippen molar-refractivity contribution in [2.24, 2.45) is 5.92 Å². The summed E-state index contributed by atoms with van der Waals surface area (Å²) in [4.78, 5) is 14.9. The van der Waals surface area contributed by atoms with Crippen molar-refractivity contribution in [3.63, 3.8) is 0 Å². The highest BCUT2D eigenvalue weighted by Crippen LogP contribution is 2.24. The summed E-state index contributed by atoms with van der Waals surface area (Å²) in [6, 6.07) is 8.24. The number of hydrogen-bond acceptors (Lipinski definition) is 4. The fraction of sp³-hybridized carbons (Fsp3) is 0.632. The SMILES string of the molecule is O=C(N[C@H]1CCC[C@@H](CO)C1)c1ccc(CN2CCSCC2)cc1. The fourth-order valence-corrected chi connectivity index (χ4v) is 4.61. The normalized spacial score (nSPS) is 25.4. The van der Waals surface area contributed by atoms with Crippen LogP contribution in [0.1, 0.15) is 41.6 Å². The Kier molecular flexibility index (Phi) is 6.58. The molecule has 2 N–H and O–H groups in total. The summed E-state index contributed by atoms with van der Waals surface area (Å²) in [5, 5.41) is 12.4. The van der Waals surface area contributed by atoms with E-state index in [1.807, 2.05) is 23.9 Å². The van der Waals surface area contributed by atoms with Gasteiger partial charge in [-0.2, -0.15) is 11.8 Å². The number of nitrogens with zero attached hydrogens (tertiary/aromatic N) is 1. The van der Waals surface area contributed by atoms with Crippen LogP contribution in [0, 0.1) is 5.92 Å². The van der Waals surface area contributed by atoms with Gasteiger partial charge in [0.05, 0.1) is 0 Å². The van der Waals surface area contributed by atoms with E-state index in [2.05, 4.69) is 22.3 Å². The maximum absolute atomic E-state index is 12.4. The van der Waals surface area contributed by atoms with E-state index in [1.165, 1.54) is 17.1 Å². The van der Waals surface area contributed by atoms with Crippen molar-refractivity contribution >= 4 is 17.7 Å². The van der Waals surface area contributed by atoms with Crippen molar-refractivity contribution < 1.29 is 9.90 Å². The summed E-state index contributed by atoms with van der Waals surface area (Å²) >= 11 is 2.02. The van der Waals surface area contributed by atoms with Gasteiger partial charge in [-0.1, -0.05) is 18.6 Å². The molecule has 4 nitrogen and oxygen atoms in total. The van der Waals surface area contributed by atoms with E-state index in [0.717, 1.165) is 50.9 Å². The number of rotatable bonds is 5. The van der Waals surface area contributed by atoms with Gasteiger partial charge in [-0.15, -0.1) is 0 Å². The van der Waals surface area contributed by atoms with E-state index in [1.54, 1.807) is 0 Å². The van der Waals surface area contributed by atoms with Gasteiger partial charge >= 0.3 is 0 Å². The molecule has 1 saturated heterocycles. The molecule has 5 heteroatoms. The topological polar surface area (TPSA) is 52.6 Å². The number of aliphatic hydroxyl groups is 1. The highest BCUT2D eigenvalue weighted by molar-refractivity contribution is 7.99. The maximum Gasteiger partial charge on any atom is 0.251 e. The van der Waals surface area contributed by atoms with Crippen LogP contribution < -0.4 is 5.32 Å². The van der Waals surface area contributed by atoms with Gasteiger partial charge in [0.15, 0.2) is 0 Å². The highest BCUT2D eigenvalue weighted by atomic mass is 32.2. The van der Waals surface area contributed by atoms with Crippen molar-refractivity contribution in [1.82, 2.24) is 10.2 Å². The number of nitrogens with one attached hydrogen (secondary N) is 1. The Morgan fingerprint density at radius 1 is 1.21 bits per heavy atom. The lowest BCUT2D eigenvalue weighted by Gasteiger charge is -2.28. The lowest BCUT2D eigenvalue weighted by molar-refractivity contribution is 0.0906. The molecule has 0 unspecified atom stereocenters. The Bertz CT molecular complexity index is 529. The van der Waals surface area contributed by atoms with Gasteiger partial charge in [0, 0.05) is 49.4 Å². The van der Waals surface area contributed by atoms with Gasteiger partial charge in [0.1, 0.15) is 0 Å². The minimum Gasteiger partial charge on any atom is -0.396 e. The van der Waals surface area contributed by atoms with Crippen molar-refractivity contribution in [2.45, 2.75) is 38.3 Å². The molecule has 1 saturated carbocycles. The molecule has 1 heterocycles. The molecular formula is C19H28N2O2S. The molecule has 1 aliphatic carbocycles.